The van der Waals surface area contributed by atoms with Crippen LogP contribution in [0, 0.1) is 13.8 Å². The van der Waals surface area contributed by atoms with Crippen molar-refractivity contribution < 1.29 is 14.3 Å². The van der Waals surface area contributed by atoms with Crippen molar-refractivity contribution in [2.45, 2.75) is 19.2 Å². The number of amides is 2. The molecule has 1 N–H and O–H groups in total. The van der Waals surface area contributed by atoms with E-state index in [2.05, 4.69) is 11.4 Å². The molecule has 0 spiro atoms. The fourth-order valence-electron chi connectivity index (χ4n) is 3.10. The largest absolute Gasteiger partial charge is 0.497 e. The maximum absolute atomic E-state index is 12.9. The van der Waals surface area contributed by atoms with Crippen LogP contribution in [0.1, 0.15) is 22.1 Å². The number of rotatable bonds is 4. The molecule has 1 aliphatic rings. The SMILES string of the molecule is COc1ccc([C@@H]2SCCN2C(=O)Nc2ccc(C)cc2C)c(OC)c1. The van der Waals surface area contributed by atoms with E-state index >= 15 is 0 Å². The fraction of sp³-hybridized carbons (Fsp3) is 0.350. The molecule has 2 amide bonds. The van der Waals surface area contributed by atoms with Crippen LogP contribution in [-0.2, 0) is 0 Å². The van der Waals surface area contributed by atoms with Crippen molar-refractivity contribution in [2.24, 2.45) is 0 Å². The van der Waals surface area contributed by atoms with Crippen molar-refractivity contribution in [2.75, 3.05) is 31.8 Å². The Kier molecular flexibility index (Phi) is 5.61. The molecule has 0 aromatic heterocycles. The summed E-state index contributed by atoms with van der Waals surface area (Å²) in [7, 11) is 3.26. The number of hydrogen-bond acceptors (Lipinski definition) is 4. The third-order valence-corrected chi connectivity index (χ3v) is 5.72. The number of benzene rings is 2. The molecule has 138 valence electrons. The summed E-state index contributed by atoms with van der Waals surface area (Å²) in [6.07, 6.45) is 0. The number of carbonyl (C=O) groups excluding carboxylic acids is 1. The number of thioether (sulfide) groups is 1. The van der Waals surface area contributed by atoms with Crippen LogP contribution in [0.4, 0.5) is 10.5 Å². The van der Waals surface area contributed by atoms with Gasteiger partial charge in [-0.3, -0.25) is 0 Å². The molecule has 26 heavy (non-hydrogen) atoms. The van der Waals surface area contributed by atoms with Gasteiger partial charge < -0.3 is 19.7 Å². The molecule has 1 heterocycles. The minimum atomic E-state index is -0.0928. The highest BCUT2D eigenvalue weighted by Gasteiger charge is 2.33. The van der Waals surface area contributed by atoms with Gasteiger partial charge in [0.1, 0.15) is 16.9 Å². The summed E-state index contributed by atoms with van der Waals surface area (Å²) in [6, 6.07) is 11.7. The van der Waals surface area contributed by atoms with Crippen molar-refractivity contribution >= 4 is 23.5 Å². The number of urea groups is 1. The number of methoxy groups -OCH3 is 2. The molecule has 0 aliphatic carbocycles. The lowest BCUT2D eigenvalue weighted by Crippen LogP contribution is -2.34. The van der Waals surface area contributed by atoms with Gasteiger partial charge in [0.2, 0.25) is 0 Å². The van der Waals surface area contributed by atoms with Crippen molar-refractivity contribution in [3.8, 4) is 11.5 Å². The molecule has 2 aromatic rings. The Balaban J connectivity index is 1.82. The molecule has 1 atom stereocenters. The minimum Gasteiger partial charge on any atom is -0.497 e. The van der Waals surface area contributed by atoms with Gasteiger partial charge in [0.15, 0.2) is 0 Å². The van der Waals surface area contributed by atoms with E-state index in [1.54, 1.807) is 26.0 Å². The zero-order valence-corrected chi connectivity index (χ0v) is 16.4. The van der Waals surface area contributed by atoms with E-state index in [0.717, 1.165) is 34.1 Å². The summed E-state index contributed by atoms with van der Waals surface area (Å²) < 4.78 is 10.8. The lowest BCUT2D eigenvalue weighted by Gasteiger charge is -2.26. The van der Waals surface area contributed by atoms with Gasteiger partial charge in [0.05, 0.1) is 14.2 Å². The van der Waals surface area contributed by atoms with Crippen LogP contribution in [0.15, 0.2) is 36.4 Å². The molecule has 6 heteroatoms. The number of ether oxygens (including phenoxy) is 2. The van der Waals surface area contributed by atoms with Crippen LogP contribution >= 0.6 is 11.8 Å². The Morgan fingerprint density at radius 3 is 2.65 bits per heavy atom. The summed E-state index contributed by atoms with van der Waals surface area (Å²) in [5.41, 5.74) is 4.06. The molecule has 0 saturated carbocycles. The van der Waals surface area contributed by atoms with Gasteiger partial charge in [-0.2, -0.15) is 0 Å². The van der Waals surface area contributed by atoms with Crippen molar-refractivity contribution in [3.63, 3.8) is 0 Å². The molecule has 5 nitrogen and oxygen atoms in total. The highest BCUT2D eigenvalue weighted by Crippen LogP contribution is 2.43. The molecule has 3 rings (SSSR count). The van der Waals surface area contributed by atoms with Gasteiger partial charge in [0, 0.05) is 29.6 Å². The van der Waals surface area contributed by atoms with Gasteiger partial charge in [-0.15, -0.1) is 11.8 Å². The summed E-state index contributed by atoms with van der Waals surface area (Å²) in [6.45, 7) is 4.74. The molecule has 0 bridgehead atoms. The van der Waals surface area contributed by atoms with Crippen LogP contribution in [-0.4, -0.2) is 37.4 Å². The standard InChI is InChI=1S/C20H24N2O3S/c1-13-5-8-17(14(2)11-13)21-20(23)22-9-10-26-19(22)16-7-6-15(24-3)12-18(16)25-4/h5-8,11-12,19H,9-10H2,1-4H3,(H,21,23)/t19-/m0/s1. The van der Waals surface area contributed by atoms with E-state index in [0.29, 0.717) is 6.54 Å². The first-order valence-electron chi connectivity index (χ1n) is 8.52. The van der Waals surface area contributed by atoms with Crippen LogP contribution in [0.5, 0.6) is 11.5 Å². The maximum Gasteiger partial charge on any atom is 0.323 e. The fourth-order valence-corrected chi connectivity index (χ4v) is 4.38. The number of aryl methyl sites for hydroxylation is 2. The lowest BCUT2D eigenvalue weighted by molar-refractivity contribution is 0.213. The van der Waals surface area contributed by atoms with Crippen LogP contribution < -0.4 is 14.8 Å². The normalized spacial score (nSPS) is 16.5. The van der Waals surface area contributed by atoms with Gasteiger partial charge >= 0.3 is 6.03 Å². The summed E-state index contributed by atoms with van der Waals surface area (Å²) in [4.78, 5) is 14.7. The average Bonchev–Trinajstić information content (AvgIpc) is 3.13. The first kappa shape index (κ1) is 18.5. The smallest absolute Gasteiger partial charge is 0.323 e. The van der Waals surface area contributed by atoms with E-state index in [1.807, 2.05) is 49.1 Å². The van der Waals surface area contributed by atoms with Crippen LogP contribution in [0.3, 0.4) is 0 Å². The average molecular weight is 372 g/mol. The third-order valence-electron chi connectivity index (χ3n) is 4.48. The van der Waals surface area contributed by atoms with E-state index < -0.39 is 0 Å². The van der Waals surface area contributed by atoms with E-state index in [4.69, 9.17) is 9.47 Å². The van der Waals surface area contributed by atoms with Crippen molar-refractivity contribution in [1.29, 1.82) is 0 Å². The Morgan fingerprint density at radius 2 is 1.96 bits per heavy atom. The summed E-state index contributed by atoms with van der Waals surface area (Å²) in [5, 5.41) is 2.97. The second-order valence-corrected chi connectivity index (χ2v) is 7.46. The number of hydrogen-bond donors (Lipinski definition) is 1. The second kappa shape index (κ2) is 7.91. The van der Waals surface area contributed by atoms with Crippen molar-refractivity contribution in [1.82, 2.24) is 4.90 Å². The number of carbonyl (C=O) groups is 1. The highest BCUT2D eigenvalue weighted by molar-refractivity contribution is 7.99. The summed E-state index contributed by atoms with van der Waals surface area (Å²) in [5.74, 6) is 2.35. The van der Waals surface area contributed by atoms with E-state index in [1.165, 1.54) is 5.56 Å². The molecule has 1 saturated heterocycles. The monoisotopic (exact) mass is 372 g/mol. The number of nitrogens with one attached hydrogen (secondary N) is 1. The third kappa shape index (κ3) is 3.75. The Bertz CT molecular complexity index is 810. The molecule has 1 fully saturated rings. The molecular weight excluding hydrogens is 348 g/mol. The van der Waals surface area contributed by atoms with Gasteiger partial charge in [-0.25, -0.2) is 4.79 Å². The predicted molar refractivity (Wildman–Crippen MR) is 106 cm³/mol. The lowest BCUT2D eigenvalue weighted by atomic mass is 10.1. The van der Waals surface area contributed by atoms with Gasteiger partial charge in [0.25, 0.3) is 0 Å². The van der Waals surface area contributed by atoms with E-state index in [-0.39, 0.29) is 11.4 Å². The molecule has 2 aromatic carbocycles. The van der Waals surface area contributed by atoms with Crippen LogP contribution in [0.2, 0.25) is 0 Å². The molecule has 0 radical (unpaired) electrons. The minimum absolute atomic E-state index is 0.0818. The Hall–Kier alpha value is -2.34. The predicted octanol–water partition coefficient (Wildman–Crippen LogP) is 4.60. The first-order chi connectivity index (χ1) is 12.5. The highest BCUT2D eigenvalue weighted by atomic mass is 32.2. The quantitative estimate of drug-likeness (QED) is 0.852. The first-order valence-corrected chi connectivity index (χ1v) is 9.56. The zero-order valence-electron chi connectivity index (χ0n) is 15.5. The maximum atomic E-state index is 12.9. The number of anilines is 1. The molecule has 1 aliphatic heterocycles. The van der Waals surface area contributed by atoms with Gasteiger partial charge in [-0.05, 0) is 37.6 Å². The molecular formula is C20H24N2O3S. The second-order valence-electron chi connectivity index (χ2n) is 6.27. The molecule has 0 unspecified atom stereocenters. The van der Waals surface area contributed by atoms with Crippen molar-refractivity contribution in [3.05, 3.63) is 53.1 Å². The van der Waals surface area contributed by atoms with Gasteiger partial charge in [-0.1, -0.05) is 17.7 Å². The Labute approximate surface area is 158 Å². The summed E-state index contributed by atoms with van der Waals surface area (Å²) >= 11 is 1.74. The Morgan fingerprint density at radius 1 is 1.15 bits per heavy atom. The van der Waals surface area contributed by atoms with Crippen LogP contribution in [0.25, 0.3) is 0 Å². The van der Waals surface area contributed by atoms with E-state index in [9.17, 15) is 4.79 Å². The number of nitrogens with zero attached hydrogens (tertiary/aromatic N) is 1. The zero-order chi connectivity index (χ0) is 18.7. The topological polar surface area (TPSA) is 50.8 Å².